The van der Waals surface area contributed by atoms with Gasteiger partial charge < -0.3 is 13.7 Å². The van der Waals surface area contributed by atoms with Crippen LogP contribution >= 0.6 is 0 Å². The summed E-state index contributed by atoms with van der Waals surface area (Å²) in [5.74, 6) is -0.414. The van der Waals surface area contributed by atoms with E-state index in [4.69, 9.17) is 9.15 Å². The van der Waals surface area contributed by atoms with Crippen molar-refractivity contribution in [2.24, 2.45) is 0 Å². The number of ether oxygens (including phenoxy) is 1. The maximum Gasteiger partial charge on any atom is 0.338 e. The molecule has 2 heterocycles. The molecular formula is C16H13NO4. The first-order valence-electron chi connectivity index (χ1n) is 6.43. The van der Waals surface area contributed by atoms with Crippen LogP contribution in [0.25, 0.3) is 11.0 Å². The minimum absolute atomic E-state index is 0.152. The third kappa shape index (κ3) is 2.33. The molecule has 0 aliphatic carbocycles. The van der Waals surface area contributed by atoms with E-state index in [9.17, 15) is 9.59 Å². The fraction of sp³-hybridized carbons (Fsp3) is 0.125. The monoisotopic (exact) mass is 283 g/mol. The van der Waals surface area contributed by atoms with E-state index < -0.39 is 5.97 Å². The second kappa shape index (κ2) is 5.28. The zero-order valence-corrected chi connectivity index (χ0v) is 11.4. The zero-order chi connectivity index (χ0) is 14.8. The summed E-state index contributed by atoms with van der Waals surface area (Å²) >= 11 is 0. The van der Waals surface area contributed by atoms with Crippen LogP contribution in [-0.4, -0.2) is 17.6 Å². The minimum Gasteiger partial charge on any atom is -0.465 e. The van der Waals surface area contributed by atoms with Crippen LogP contribution < -0.4 is 5.56 Å². The molecule has 106 valence electrons. The molecule has 0 fully saturated rings. The molecule has 5 heteroatoms. The standard InChI is InChI=1S/C16H13NO4/c1-20-16(19)12-5-3-2-4-11(12)10-17-8-6-14-13(15(17)18)7-9-21-14/h2-9H,10H2,1H3. The van der Waals surface area contributed by atoms with Crippen molar-refractivity contribution < 1.29 is 13.9 Å². The number of furan rings is 1. The minimum atomic E-state index is -0.414. The molecule has 5 nitrogen and oxygen atoms in total. The lowest BCUT2D eigenvalue weighted by molar-refractivity contribution is 0.0599. The predicted molar refractivity (Wildman–Crippen MR) is 77.4 cm³/mol. The Kier molecular flexibility index (Phi) is 3.31. The first-order valence-corrected chi connectivity index (χ1v) is 6.43. The fourth-order valence-corrected chi connectivity index (χ4v) is 2.28. The third-order valence-corrected chi connectivity index (χ3v) is 3.36. The number of carbonyl (C=O) groups excluding carboxylic acids is 1. The lowest BCUT2D eigenvalue weighted by Gasteiger charge is -2.09. The smallest absolute Gasteiger partial charge is 0.338 e. The topological polar surface area (TPSA) is 61.4 Å². The van der Waals surface area contributed by atoms with Gasteiger partial charge in [-0.15, -0.1) is 0 Å². The highest BCUT2D eigenvalue weighted by Gasteiger charge is 2.12. The third-order valence-electron chi connectivity index (χ3n) is 3.36. The number of benzene rings is 1. The number of nitrogens with zero attached hydrogens (tertiary/aromatic N) is 1. The van der Waals surface area contributed by atoms with Gasteiger partial charge in [-0.25, -0.2) is 4.79 Å². The van der Waals surface area contributed by atoms with Crippen LogP contribution in [0.5, 0.6) is 0 Å². The first kappa shape index (κ1) is 13.2. The molecule has 0 N–H and O–H groups in total. The molecule has 0 amide bonds. The summed E-state index contributed by atoms with van der Waals surface area (Å²) in [6, 6.07) is 10.4. The van der Waals surface area contributed by atoms with Gasteiger partial charge in [0.1, 0.15) is 5.58 Å². The normalized spacial score (nSPS) is 10.7. The summed E-state index contributed by atoms with van der Waals surface area (Å²) in [5.41, 5.74) is 1.59. The van der Waals surface area contributed by atoms with E-state index in [1.54, 1.807) is 41.1 Å². The number of rotatable bonds is 3. The highest BCUT2D eigenvalue weighted by molar-refractivity contribution is 5.91. The van der Waals surface area contributed by atoms with Crippen LogP contribution in [0.3, 0.4) is 0 Å². The fourth-order valence-electron chi connectivity index (χ4n) is 2.28. The summed E-state index contributed by atoms with van der Waals surface area (Å²) in [4.78, 5) is 24.1. The van der Waals surface area contributed by atoms with Gasteiger partial charge in [-0.1, -0.05) is 18.2 Å². The molecule has 3 rings (SSSR count). The lowest BCUT2D eigenvalue weighted by atomic mass is 10.1. The number of aromatic nitrogens is 1. The Morgan fingerprint density at radius 3 is 2.86 bits per heavy atom. The van der Waals surface area contributed by atoms with Crippen LogP contribution in [0.1, 0.15) is 15.9 Å². The zero-order valence-electron chi connectivity index (χ0n) is 11.4. The quantitative estimate of drug-likeness (QED) is 0.693. The van der Waals surface area contributed by atoms with Gasteiger partial charge in [0.15, 0.2) is 0 Å². The van der Waals surface area contributed by atoms with Gasteiger partial charge in [0.2, 0.25) is 0 Å². The molecule has 0 aliphatic rings. The highest BCUT2D eigenvalue weighted by atomic mass is 16.5. The Balaban J connectivity index is 2.05. The maximum atomic E-state index is 12.3. The van der Waals surface area contributed by atoms with E-state index in [1.807, 2.05) is 6.07 Å². The van der Waals surface area contributed by atoms with E-state index in [0.29, 0.717) is 23.1 Å². The molecule has 2 aromatic heterocycles. The molecule has 0 saturated heterocycles. The van der Waals surface area contributed by atoms with Gasteiger partial charge in [0, 0.05) is 6.20 Å². The second-order valence-corrected chi connectivity index (χ2v) is 4.60. The van der Waals surface area contributed by atoms with Gasteiger partial charge in [-0.05, 0) is 23.8 Å². The van der Waals surface area contributed by atoms with E-state index in [-0.39, 0.29) is 5.56 Å². The summed E-state index contributed by atoms with van der Waals surface area (Å²) in [7, 11) is 1.34. The summed E-state index contributed by atoms with van der Waals surface area (Å²) < 4.78 is 11.5. The van der Waals surface area contributed by atoms with Crippen LogP contribution in [-0.2, 0) is 11.3 Å². The predicted octanol–water partition coefficient (Wildman–Crippen LogP) is 2.43. The summed E-state index contributed by atoms with van der Waals surface area (Å²) in [6.45, 7) is 0.297. The van der Waals surface area contributed by atoms with Crippen LogP contribution in [0, 0.1) is 0 Å². The van der Waals surface area contributed by atoms with Crippen LogP contribution in [0.2, 0.25) is 0 Å². The molecule has 0 radical (unpaired) electrons. The molecule has 0 bridgehead atoms. The van der Waals surface area contributed by atoms with Crippen LogP contribution in [0.15, 0.2) is 58.1 Å². The SMILES string of the molecule is COC(=O)c1ccccc1Cn1ccc2occc2c1=O. The first-order chi connectivity index (χ1) is 10.2. The highest BCUT2D eigenvalue weighted by Crippen LogP contribution is 2.14. The van der Waals surface area contributed by atoms with Gasteiger partial charge in [-0.3, -0.25) is 4.79 Å². The average molecular weight is 283 g/mol. The van der Waals surface area contributed by atoms with E-state index in [2.05, 4.69) is 0 Å². The number of hydrogen-bond acceptors (Lipinski definition) is 4. The number of pyridine rings is 1. The number of fused-ring (bicyclic) bond motifs is 1. The van der Waals surface area contributed by atoms with Gasteiger partial charge >= 0.3 is 5.97 Å². The van der Waals surface area contributed by atoms with Crippen molar-refractivity contribution in [3.63, 3.8) is 0 Å². The van der Waals surface area contributed by atoms with Crippen molar-refractivity contribution in [3.8, 4) is 0 Å². The van der Waals surface area contributed by atoms with Crippen LogP contribution in [0.4, 0.5) is 0 Å². The Labute approximate surface area is 120 Å². The molecule has 0 saturated carbocycles. The van der Waals surface area contributed by atoms with E-state index in [1.165, 1.54) is 13.4 Å². The van der Waals surface area contributed by atoms with Crippen molar-refractivity contribution in [1.82, 2.24) is 4.57 Å². The number of carbonyl (C=O) groups is 1. The largest absolute Gasteiger partial charge is 0.465 e. The average Bonchev–Trinajstić information content (AvgIpc) is 2.99. The Hall–Kier alpha value is -2.82. The van der Waals surface area contributed by atoms with E-state index in [0.717, 1.165) is 5.56 Å². The van der Waals surface area contributed by atoms with Gasteiger partial charge in [0.25, 0.3) is 5.56 Å². The van der Waals surface area contributed by atoms with Gasteiger partial charge in [-0.2, -0.15) is 0 Å². The van der Waals surface area contributed by atoms with Crippen molar-refractivity contribution in [3.05, 3.63) is 70.3 Å². The Bertz CT molecular complexity index is 860. The molecule has 0 spiro atoms. The summed E-state index contributed by atoms with van der Waals surface area (Å²) in [6.07, 6.45) is 3.14. The molecular weight excluding hydrogens is 270 g/mol. The molecule has 0 unspecified atom stereocenters. The molecule has 0 aliphatic heterocycles. The maximum absolute atomic E-state index is 12.3. The molecule has 0 atom stereocenters. The Morgan fingerprint density at radius 1 is 1.24 bits per heavy atom. The van der Waals surface area contributed by atoms with Crippen molar-refractivity contribution in [2.75, 3.05) is 7.11 Å². The number of hydrogen-bond donors (Lipinski definition) is 0. The number of methoxy groups -OCH3 is 1. The lowest BCUT2D eigenvalue weighted by Crippen LogP contribution is -2.20. The van der Waals surface area contributed by atoms with E-state index >= 15 is 0 Å². The van der Waals surface area contributed by atoms with Crippen molar-refractivity contribution in [1.29, 1.82) is 0 Å². The molecule has 1 aromatic carbocycles. The second-order valence-electron chi connectivity index (χ2n) is 4.60. The van der Waals surface area contributed by atoms with Gasteiger partial charge in [0.05, 0.1) is 30.9 Å². The summed E-state index contributed by atoms with van der Waals surface area (Å²) in [5, 5.41) is 0.521. The number of esters is 1. The van der Waals surface area contributed by atoms with Crippen molar-refractivity contribution in [2.45, 2.75) is 6.54 Å². The Morgan fingerprint density at radius 2 is 2.05 bits per heavy atom. The molecule has 21 heavy (non-hydrogen) atoms. The van der Waals surface area contributed by atoms with Crippen molar-refractivity contribution >= 4 is 16.9 Å². The molecule has 3 aromatic rings.